The zero-order valence-corrected chi connectivity index (χ0v) is 16.8. The smallest absolute Gasteiger partial charge is 0.319 e. The van der Waals surface area contributed by atoms with Gasteiger partial charge in [-0.05, 0) is 75.3 Å². The Hall–Kier alpha value is -1.89. The fraction of sp³-hybridized carbons (Fsp3) is 0.619. The summed E-state index contributed by atoms with van der Waals surface area (Å²) in [6.07, 6.45) is 6.74. The molecule has 4 bridgehead atoms. The summed E-state index contributed by atoms with van der Waals surface area (Å²) in [7, 11) is 0. The van der Waals surface area contributed by atoms with E-state index in [1.807, 2.05) is 0 Å². The van der Waals surface area contributed by atoms with Crippen LogP contribution in [0.4, 0.5) is 5.69 Å². The Morgan fingerprint density at radius 3 is 2.18 bits per heavy atom. The van der Waals surface area contributed by atoms with Crippen molar-refractivity contribution in [1.29, 1.82) is 0 Å². The topological polar surface area (TPSA) is 86.5 Å². The Balaban J connectivity index is 1.30. The predicted octanol–water partition coefficient (Wildman–Crippen LogP) is 4.40. The van der Waals surface area contributed by atoms with E-state index in [1.54, 1.807) is 19.1 Å². The molecule has 0 amide bonds. The van der Waals surface area contributed by atoms with Crippen molar-refractivity contribution >= 4 is 29.2 Å². The molecule has 0 heterocycles. The third-order valence-electron chi connectivity index (χ3n) is 6.67. The molecule has 28 heavy (non-hydrogen) atoms. The normalized spacial score (nSPS) is 31.4. The summed E-state index contributed by atoms with van der Waals surface area (Å²) in [6, 6.07) is 6.06. The Kier molecular flexibility index (Phi) is 5.21. The summed E-state index contributed by atoms with van der Waals surface area (Å²) in [5, 5.41) is 10.2. The van der Waals surface area contributed by atoms with Crippen LogP contribution >= 0.6 is 11.8 Å². The van der Waals surface area contributed by atoms with Gasteiger partial charge in [0.05, 0.1) is 4.92 Å². The average molecular weight is 404 g/mol. The number of ketones is 1. The fourth-order valence-electron chi connectivity index (χ4n) is 5.76. The van der Waals surface area contributed by atoms with Gasteiger partial charge in [-0.3, -0.25) is 19.7 Å². The lowest BCUT2D eigenvalue weighted by Crippen LogP contribution is -2.51. The maximum Gasteiger partial charge on any atom is 0.319 e. The first kappa shape index (κ1) is 19.4. The summed E-state index contributed by atoms with van der Waals surface area (Å²) in [6.45, 7) is 1.60. The fourth-order valence-corrected chi connectivity index (χ4v) is 6.62. The Labute approximate surface area is 168 Å². The molecule has 4 aliphatic rings. The molecule has 4 fully saturated rings. The molecule has 0 aliphatic heterocycles. The van der Waals surface area contributed by atoms with Gasteiger partial charge < -0.3 is 4.74 Å². The molecule has 5 rings (SSSR count). The first-order chi connectivity index (χ1) is 13.3. The number of esters is 1. The number of ether oxygens (including phenoxy) is 1. The van der Waals surface area contributed by atoms with Crippen molar-refractivity contribution in [2.75, 3.05) is 6.61 Å². The zero-order valence-electron chi connectivity index (χ0n) is 16.0. The molecule has 7 heteroatoms. The first-order valence-corrected chi connectivity index (χ1v) is 10.8. The molecular weight excluding hydrogens is 378 g/mol. The van der Waals surface area contributed by atoms with Crippen molar-refractivity contribution in [1.82, 2.24) is 0 Å². The van der Waals surface area contributed by atoms with E-state index in [-0.39, 0.29) is 23.5 Å². The molecule has 0 saturated heterocycles. The number of Topliss-reactive ketones (excluding diaryl/α,β-unsaturated/α-hetero) is 1. The number of nitro benzene ring substituents is 1. The van der Waals surface area contributed by atoms with Gasteiger partial charge in [-0.15, -0.1) is 11.8 Å². The number of hydrogen-bond donors (Lipinski definition) is 0. The average Bonchev–Trinajstić information content (AvgIpc) is 2.65. The van der Waals surface area contributed by atoms with Gasteiger partial charge in [0.1, 0.15) is 5.25 Å². The van der Waals surface area contributed by atoms with E-state index in [1.165, 1.54) is 43.2 Å². The van der Waals surface area contributed by atoms with Crippen molar-refractivity contribution in [3.05, 3.63) is 34.4 Å². The highest BCUT2D eigenvalue weighted by molar-refractivity contribution is 8.00. The molecule has 4 aliphatic carbocycles. The molecule has 1 atom stereocenters. The second-order valence-corrected chi connectivity index (χ2v) is 10.2. The number of rotatable bonds is 7. The summed E-state index contributed by atoms with van der Waals surface area (Å²) >= 11 is 1.27. The lowest BCUT2D eigenvalue weighted by atomic mass is 9.48. The number of nitrogens with zero attached hydrogens (tertiary/aromatic N) is 1. The third-order valence-corrected chi connectivity index (χ3v) is 7.76. The van der Waals surface area contributed by atoms with E-state index in [0.717, 1.165) is 24.2 Å². The minimum absolute atomic E-state index is 0.0146. The number of benzene rings is 1. The van der Waals surface area contributed by atoms with Crippen LogP contribution in [0.2, 0.25) is 0 Å². The van der Waals surface area contributed by atoms with E-state index in [9.17, 15) is 19.7 Å². The maximum atomic E-state index is 12.9. The number of hydrogen-bond acceptors (Lipinski definition) is 6. The highest BCUT2D eigenvalue weighted by Crippen LogP contribution is 2.60. The molecule has 0 aromatic heterocycles. The van der Waals surface area contributed by atoms with Crippen LogP contribution in [-0.2, 0) is 14.3 Å². The standard InChI is InChI=1S/C21H25NO5S/c1-13(28-18-4-2-17(3-5-18)22(25)26)20(24)27-12-19(23)21-9-14-6-15(10-21)8-16(7-14)11-21/h2-5,13-16H,6-12H2,1H3. The molecule has 1 unspecified atom stereocenters. The van der Waals surface area contributed by atoms with Crippen molar-refractivity contribution < 1.29 is 19.2 Å². The van der Waals surface area contributed by atoms with E-state index in [2.05, 4.69) is 0 Å². The lowest BCUT2D eigenvalue weighted by Gasteiger charge is -2.55. The van der Waals surface area contributed by atoms with Gasteiger partial charge in [0.25, 0.3) is 5.69 Å². The third kappa shape index (κ3) is 3.81. The summed E-state index contributed by atoms with van der Waals surface area (Å²) in [5.41, 5.74) is -0.232. The van der Waals surface area contributed by atoms with Crippen LogP contribution in [0.5, 0.6) is 0 Å². The predicted molar refractivity (Wildman–Crippen MR) is 105 cm³/mol. The summed E-state index contributed by atoms with van der Waals surface area (Å²) in [5.74, 6) is 1.74. The quantitative estimate of drug-likeness (QED) is 0.290. The van der Waals surface area contributed by atoms with E-state index in [4.69, 9.17) is 4.74 Å². The van der Waals surface area contributed by atoms with E-state index < -0.39 is 16.1 Å². The van der Waals surface area contributed by atoms with Crippen molar-refractivity contribution in [2.45, 2.75) is 55.6 Å². The molecule has 0 spiro atoms. The molecule has 4 saturated carbocycles. The highest BCUT2D eigenvalue weighted by Gasteiger charge is 2.54. The van der Waals surface area contributed by atoms with Gasteiger partial charge in [0.2, 0.25) is 0 Å². The minimum Gasteiger partial charge on any atom is -0.457 e. The zero-order chi connectivity index (χ0) is 19.9. The Morgan fingerprint density at radius 2 is 1.68 bits per heavy atom. The minimum atomic E-state index is -0.481. The molecule has 0 N–H and O–H groups in total. The maximum absolute atomic E-state index is 12.9. The summed E-state index contributed by atoms with van der Waals surface area (Å²) in [4.78, 5) is 36.3. The number of carbonyl (C=O) groups excluding carboxylic acids is 2. The van der Waals surface area contributed by atoms with Gasteiger partial charge in [-0.2, -0.15) is 0 Å². The van der Waals surface area contributed by atoms with Gasteiger partial charge in [0.15, 0.2) is 12.4 Å². The molecule has 1 aromatic rings. The highest BCUT2D eigenvalue weighted by atomic mass is 32.2. The van der Waals surface area contributed by atoms with E-state index >= 15 is 0 Å². The molecule has 0 radical (unpaired) electrons. The van der Waals surface area contributed by atoms with Crippen LogP contribution in [-0.4, -0.2) is 28.5 Å². The summed E-state index contributed by atoms with van der Waals surface area (Å²) < 4.78 is 5.37. The molecule has 6 nitrogen and oxygen atoms in total. The van der Waals surface area contributed by atoms with Crippen molar-refractivity contribution in [2.24, 2.45) is 23.2 Å². The van der Waals surface area contributed by atoms with Crippen molar-refractivity contribution in [3.8, 4) is 0 Å². The van der Waals surface area contributed by atoms with Crippen molar-refractivity contribution in [3.63, 3.8) is 0 Å². The molecule has 150 valence electrons. The molecular formula is C21H25NO5S. The van der Waals surface area contributed by atoms with Gasteiger partial charge >= 0.3 is 5.97 Å². The Morgan fingerprint density at radius 1 is 1.14 bits per heavy atom. The number of thioether (sulfide) groups is 1. The van der Waals surface area contributed by atoms with Gasteiger partial charge in [-0.1, -0.05) is 0 Å². The van der Waals surface area contributed by atoms with Gasteiger partial charge in [-0.25, -0.2) is 0 Å². The monoisotopic (exact) mass is 403 g/mol. The van der Waals surface area contributed by atoms with Crippen LogP contribution in [0, 0.1) is 33.3 Å². The largest absolute Gasteiger partial charge is 0.457 e. The lowest BCUT2D eigenvalue weighted by molar-refractivity contribution is -0.384. The van der Waals surface area contributed by atoms with Crippen LogP contribution in [0.15, 0.2) is 29.2 Å². The number of non-ortho nitro benzene ring substituents is 1. The second kappa shape index (κ2) is 7.50. The number of nitro groups is 1. The van der Waals surface area contributed by atoms with E-state index in [0.29, 0.717) is 17.8 Å². The second-order valence-electron chi connectivity index (χ2n) is 8.74. The van der Waals surface area contributed by atoms with Crippen LogP contribution in [0.1, 0.15) is 45.4 Å². The Bertz CT molecular complexity index is 755. The van der Waals surface area contributed by atoms with Crippen LogP contribution in [0.3, 0.4) is 0 Å². The first-order valence-electron chi connectivity index (χ1n) is 9.96. The SMILES string of the molecule is CC(Sc1ccc([N+](=O)[O-])cc1)C(=O)OCC(=O)C12CC3CC(CC(C3)C1)C2. The number of carbonyl (C=O) groups is 2. The van der Waals surface area contributed by atoms with Crippen LogP contribution in [0.25, 0.3) is 0 Å². The molecule has 1 aromatic carbocycles. The van der Waals surface area contributed by atoms with Gasteiger partial charge in [0, 0.05) is 22.4 Å². The van der Waals surface area contributed by atoms with Crippen LogP contribution < -0.4 is 0 Å².